The van der Waals surface area contributed by atoms with Crippen LogP contribution in [0.1, 0.15) is 34.1 Å². The van der Waals surface area contributed by atoms with Crippen molar-refractivity contribution in [2.45, 2.75) is 52.6 Å². The highest BCUT2D eigenvalue weighted by Gasteiger charge is 2.45. The largest absolute Gasteiger partial charge is 0.455 e. The fourth-order valence-corrected chi connectivity index (χ4v) is 1.91. The van der Waals surface area contributed by atoms with Crippen LogP contribution in [0.3, 0.4) is 0 Å². The summed E-state index contributed by atoms with van der Waals surface area (Å²) in [5, 5.41) is 0. The van der Waals surface area contributed by atoms with Crippen LogP contribution in [0.15, 0.2) is 0 Å². The van der Waals surface area contributed by atoms with Crippen LogP contribution < -0.4 is 0 Å². The summed E-state index contributed by atoms with van der Waals surface area (Å²) in [4.78, 5) is 21.8. The fraction of sp³-hybridized carbons (Fsp3) is 0.818. The van der Waals surface area contributed by atoms with Gasteiger partial charge in [-0.15, -0.1) is 0 Å². The summed E-state index contributed by atoms with van der Waals surface area (Å²) in [6.45, 7) is 6.53. The van der Waals surface area contributed by atoms with E-state index in [9.17, 15) is 9.59 Å². The van der Waals surface area contributed by atoms with Gasteiger partial charge in [-0.05, 0) is 6.42 Å². The highest BCUT2D eigenvalue weighted by atomic mass is 16.7. The molecule has 1 aliphatic rings. The third kappa shape index (κ3) is 2.95. The molecule has 0 radical (unpaired) electrons. The molecule has 0 aromatic rings. The molecular weight excluding hydrogens is 212 g/mol. The second-order valence-electron chi connectivity index (χ2n) is 3.99. The Kier molecular flexibility index (Phi) is 4.29. The summed E-state index contributed by atoms with van der Waals surface area (Å²) in [5.74, 6) is -0.807. The number of carbonyl (C=O) groups is 2. The van der Waals surface area contributed by atoms with Crippen molar-refractivity contribution in [3.63, 3.8) is 0 Å². The van der Waals surface area contributed by atoms with Crippen LogP contribution in [0, 0.1) is 5.92 Å². The van der Waals surface area contributed by atoms with Gasteiger partial charge in [0.15, 0.2) is 6.10 Å². The third-order valence-electron chi connectivity index (χ3n) is 2.67. The van der Waals surface area contributed by atoms with Crippen molar-refractivity contribution in [1.82, 2.24) is 0 Å². The minimum absolute atomic E-state index is 0.0262. The van der Waals surface area contributed by atoms with Crippen LogP contribution in [0.2, 0.25) is 0 Å². The zero-order valence-electron chi connectivity index (χ0n) is 10.1. The van der Waals surface area contributed by atoms with E-state index < -0.39 is 24.3 Å². The normalized spacial score (nSPS) is 33.5. The van der Waals surface area contributed by atoms with Gasteiger partial charge in [0.05, 0.1) is 6.10 Å². The Morgan fingerprint density at radius 3 is 2.19 bits per heavy atom. The summed E-state index contributed by atoms with van der Waals surface area (Å²) in [6, 6.07) is 0. The van der Waals surface area contributed by atoms with Crippen LogP contribution in [0.4, 0.5) is 0 Å². The molecule has 0 spiro atoms. The first-order valence-electron chi connectivity index (χ1n) is 5.45. The maximum atomic E-state index is 11.0. The highest BCUT2D eigenvalue weighted by molar-refractivity contribution is 5.67. The second kappa shape index (κ2) is 5.30. The molecule has 0 aliphatic carbocycles. The maximum Gasteiger partial charge on any atom is 0.305 e. The summed E-state index contributed by atoms with van der Waals surface area (Å²) >= 11 is 0. The van der Waals surface area contributed by atoms with Gasteiger partial charge in [-0.2, -0.15) is 0 Å². The van der Waals surface area contributed by atoms with Crippen LogP contribution >= 0.6 is 0 Å². The van der Waals surface area contributed by atoms with E-state index >= 15 is 0 Å². The highest BCUT2D eigenvalue weighted by Crippen LogP contribution is 2.31. The average molecular weight is 230 g/mol. The van der Waals surface area contributed by atoms with Crippen molar-refractivity contribution in [2.75, 3.05) is 0 Å². The lowest BCUT2D eigenvalue weighted by Gasteiger charge is -2.19. The molecule has 4 atom stereocenters. The van der Waals surface area contributed by atoms with E-state index in [1.807, 2.05) is 13.8 Å². The van der Waals surface area contributed by atoms with E-state index in [2.05, 4.69) is 0 Å². The number of carbonyl (C=O) groups excluding carboxylic acids is 2. The summed E-state index contributed by atoms with van der Waals surface area (Å²) < 4.78 is 15.6. The predicted molar refractivity (Wildman–Crippen MR) is 55.4 cm³/mol. The number of ether oxygens (including phenoxy) is 3. The minimum atomic E-state index is -0.777. The summed E-state index contributed by atoms with van der Waals surface area (Å²) in [7, 11) is 0. The van der Waals surface area contributed by atoms with Gasteiger partial charge in [-0.1, -0.05) is 13.8 Å². The fourth-order valence-electron chi connectivity index (χ4n) is 1.91. The van der Waals surface area contributed by atoms with Gasteiger partial charge in [-0.25, -0.2) is 0 Å². The lowest BCUT2D eigenvalue weighted by atomic mass is 9.99. The van der Waals surface area contributed by atoms with Crippen molar-refractivity contribution in [3.05, 3.63) is 0 Å². The SMILES string of the molecule is CC[C@H]1O[C@@H](OC(C)=O)[C@H](OC(C)=O)[C@@H]1C. The van der Waals surface area contributed by atoms with Crippen molar-refractivity contribution in [3.8, 4) is 0 Å². The topological polar surface area (TPSA) is 61.8 Å². The van der Waals surface area contributed by atoms with Crippen LogP contribution in [-0.2, 0) is 23.8 Å². The van der Waals surface area contributed by atoms with Gasteiger partial charge in [0.2, 0.25) is 6.29 Å². The first-order chi connectivity index (χ1) is 7.45. The van der Waals surface area contributed by atoms with E-state index in [1.165, 1.54) is 13.8 Å². The van der Waals surface area contributed by atoms with E-state index in [-0.39, 0.29) is 12.0 Å². The van der Waals surface area contributed by atoms with E-state index in [0.29, 0.717) is 0 Å². The smallest absolute Gasteiger partial charge is 0.305 e. The van der Waals surface area contributed by atoms with Gasteiger partial charge in [-0.3, -0.25) is 9.59 Å². The first kappa shape index (κ1) is 13.0. The number of rotatable bonds is 3. The van der Waals surface area contributed by atoms with Crippen LogP contribution in [0.5, 0.6) is 0 Å². The maximum absolute atomic E-state index is 11.0. The Hall–Kier alpha value is -1.10. The van der Waals surface area contributed by atoms with Gasteiger partial charge in [0.25, 0.3) is 0 Å². The van der Waals surface area contributed by atoms with Crippen LogP contribution in [0.25, 0.3) is 0 Å². The molecular formula is C11H18O5. The molecule has 0 amide bonds. The third-order valence-corrected chi connectivity index (χ3v) is 2.67. The molecule has 1 aliphatic heterocycles. The Balaban J connectivity index is 2.72. The van der Waals surface area contributed by atoms with Crippen LogP contribution in [-0.4, -0.2) is 30.4 Å². The van der Waals surface area contributed by atoms with Crippen molar-refractivity contribution < 1.29 is 23.8 Å². The van der Waals surface area contributed by atoms with Gasteiger partial charge in [0.1, 0.15) is 0 Å². The summed E-state index contributed by atoms with van der Waals surface area (Å²) in [6.07, 6.45) is -0.544. The molecule has 5 nitrogen and oxygen atoms in total. The number of hydrogen-bond acceptors (Lipinski definition) is 5. The molecule has 1 fully saturated rings. The van der Waals surface area contributed by atoms with Crippen molar-refractivity contribution in [2.24, 2.45) is 5.92 Å². The van der Waals surface area contributed by atoms with Crippen molar-refractivity contribution >= 4 is 11.9 Å². The molecule has 0 aromatic carbocycles. The molecule has 92 valence electrons. The molecule has 1 heterocycles. The van der Waals surface area contributed by atoms with E-state index in [0.717, 1.165) is 6.42 Å². The molecule has 0 saturated carbocycles. The molecule has 16 heavy (non-hydrogen) atoms. The number of hydrogen-bond donors (Lipinski definition) is 0. The van der Waals surface area contributed by atoms with E-state index in [4.69, 9.17) is 14.2 Å². The quantitative estimate of drug-likeness (QED) is 0.683. The molecule has 5 heteroatoms. The summed E-state index contributed by atoms with van der Waals surface area (Å²) in [5.41, 5.74) is 0. The Morgan fingerprint density at radius 2 is 1.75 bits per heavy atom. The van der Waals surface area contributed by atoms with Crippen molar-refractivity contribution in [1.29, 1.82) is 0 Å². The number of esters is 2. The monoisotopic (exact) mass is 230 g/mol. The first-order valence-corrected chi connectivity index (χ1v) is 5.45. The minimum Gasteiger partial charge on any atom is -0.455 e. The standard InChI is InChI=1S/C11H18O5/c1-5-9-6(2)10(14-7(3)12)11(16-9)15-8(4)13/h6,9-11H,5H2,1-4H3/t6-,9-,10-,11-/m1/s1. The van der Waals surface area contributed by atoms with Gasteiger partial charge < -0.3 is 14.2 Å². The second-order valence-corrected chi connectivity index (χ2v) is 3.99. The molecule has 0 bridgehead atoms. The predicted octanol–water partition coefficient (Wildman–Crippen LogP) is 1.25. The Morgan fingerprint density at radius 1 is 1.19 bits per heavy atom. The molecule has 1 saturated heterocycles. The molecule has 0 N–H and O–H groups in total. The Bertz CT molecular complexity index is 276. The lowest BCUT2D eigenvalue weighted by molar-refractivity contribution is -0.194. The van der Waals surface area contributed by atoms with Gasteiger partial charge in [0, 0.05) is 19.8 Å². The molecule has 0 aromatic heterocycles. The molecule has 1 rings (SSSR count). The van der Waals surface area contributed by atoms with E-state index in [1.54, 1.807) is 0 Å². The average Bonchev–Trinajstić information content (AvgIpc) is 2.44. The zero-order valence-corrected chi connectivity index (χ0v) is 10.1. The molecule has 0 unspecified atom stereocenters. The lowest BCUT2D eigenvalue weighted by Crippen LogP contribution is -2.33. The van der Waals surface area contributed by atoms with Gasteiger partial charge >= 0.3 is 11.9 Å². The Labute approximate surface area is 95.0 Å². The zero-order chi connectivity index (χ0) is 12.3.